The van der Waals surface area contributed by atoms with Crippen molar-refractivity contribution in [1.29, 1.82) is 0 Å². The Balaban J connectivity index is 1.50. The number of amides is 1. The van der Waals surface area contributed by atoms with E-state index in [1.165, 1.54) is 6.42 Å². The van der Waals surface area contributed by atoms with Gasteiger partial charge in [-0.05, 0) is 29.7 Å². The summed E-state index contributed by atoms with van der Waals surface area (Å²) < 4.78 is 7.41. The number of aryl methyl sites for hydroxylation is 1. The Hall–Kier alpha value is -2.62. The number of aromatic nitrogens is 6. The number of tetrazole rings is 1. The third kappa shape index (κ3) is 3.36. The van der Waals surface area contributed by atoms with Gasteiger partial charge in [0.15, 0.2) is 5.82 Å². The van der Waals surface area contributed by atoms with Gasteiger partial charge in [0, 0.05) is 26.7 Å². The second-order valence-electron chi connectivity index (χ2n) is 6.58. The molecule has 1 unspecified atom stereocenters. The molecule has 26 heavy (non-hydrogen) atoms. The van der Waals surface area contributed by atoms with Crippen molar-refractivity contribution in [3.8, 4) is 0 Å². The van der Waals surface area contributed by atoms with Crippen LogP contribution < -0.4 is 4.90 Å². The first kappa shape index (κ1) is 16.8. The van der Waals surface area contributed by atoms with Gasteiger partial charge in [-0.2, -0.15) is 0 Å². The summed E-state index contributed by atoms with van der Waals surface area (Å²) >= 11 is 0. The highest BCUT2D eigenvalue weighted by molar-refractivity contribution is 5.92. The lowest BCUT2D eigenvalue weighted by atomic mass is 10.1. The molecule has 4 rings (SSSR count). The SMILES string of the molecule is Cn1nnnc1C1CN(c2cncc(C(=O)N3CCCCC3)n2)CCO1. The molecular weight excluding hydrogens is 336 g/mol. The van der Waals surface area contributed by atoms with Crippen LogP contribution in [0.2, 0.25) is 0 Å². The van der Waals surface area contributed by atoms with Gasteiger partial charge in [0.25, 0.3) is 5.91 Å². The smallest absolute Gasteiger partial charge is 0.274 e. The van der Waals surface area contributed by atoms with Crippen LogP contribution in [0.1, 0.15) is 41.7 Å². The van der Waals surface area contributed by atoms with Crippen LogP contribution in [0.5, 0.6) is 0 Å². The fraction of sp³-hybridized carbons (Fsp3) is 0.625. The van der Waals surface area contributed by atoms with Gasteiger partial charge < -0.3 is 14.5 Å². The lowest BCUT2D eigenvalue weighted by molar-refractivity contribution is 0.0313. The van der Waals surface area contributed by atoms with Crippen LogP contribution in [0.15, 0.2) is 12.4 Å². The maximum Gasteiger partial charge on any atom is 0.274 e. The molecule has 0 radical (unpaired) electrons. The second-order valence-corrected chi connectivity index (χ2v) is 6.58. The van der Waals surface area contributed by atoms with E-state index in [0.29, 0.717) is 37.0 Å². The number of ether oxygens (including phenoxy) is 1. The molecule has 2 aromatic rings. The van der Waals surface area contributed by atoms with E-state index in [-0.39, 0.29) is 12.0 Å². The molecule has 0 spiro atoms. The molecule has 138 valence electrons. The van der Waals surface area contributed by atoms with Gasteiger partial charge in [-0.15, -0.1) is 5.10 Å². The van der Waals surface area contributed by atoms with E-state index in [1.807, 2.05) is 4.90 Å². The minimum Gasteiger partial charge on any atom is -0.366 e. The number of nitrogens with zero attached hydrogens (tertiary/aromatic N) is 8. The van der Waals surface area contributed by atoms with Crippen molar-refractivity contribution in [1.82, 2.24) is 35.1 Å². The minimum atomic E-state index is -0.244. The number of carbonyl (C=O) groups excluding carboxylic acids is 1. The summed E-state index contributed by atoms with van der Waals surface area (Å²) in [4.78, 5) is 25.4. The van der Waals surface area contributed by atoms with Crippen molar-refractivity contribution >= 4 is 11.7 Å². The molecule has 0 aromatic carbocycles. The first-order valence-electron chi connectivity index (χ1n) is 8.92. The summed E-state index contributed by atoms with van der Waals surface area (Å²) in [6, 6.07) is 0. The predicted octanol–water partition coefficient (Wildman–Crippen LogP) is 0.204. The highest BCUT2D eigenvalue weighted by Gasteiger charge is 2.28. The van der Waals surface area contributed by atoms with Gasteiger partial charge in [0.1, 0.15) is 17.6 Å². The zero-order valence-electron chi connectivity index (χ0n) is 14.8. The number of carbonyl (C=O) groups is 1. The monoisotopic (exact) mass is 358 g/mol. The van der Waals surface area contributed by atoms with Gasteiger partial charge in [-0.25, -0.2) is 9.67 Å². The number of rotatable bonds is 3. The Morgan fingerprint density at radius 3 is 2.81 bits per heavy atom. The molecule has 2 aliphatic rings. The largest absolute Gasteiger partial charge is 0.366 e. The second kappa shape index (κ2) is 7.32. The van der Waals surface area contributed by atoms with Gasteiger partial charge in [0.05, 0.1) is 25.5 Å². The Morgan fingerprint density at radius 1 is 1.19 bits per heavy atom. The average Bonchev–Trinajstić information content (AvgIpc) is 3.14. The quantitative estimate of drug-likeness (QED) is 0.767. The molecule has 2 aliphatic heterocycles. The Bertz CT molecular complexity index is 773. The number of likely N-dealkylation sites (tertiary alicyclic amines) is 1. The van der Waals surface area contributed by atoms with Crippen LogP contribution in [-0.4, -0.2) is 73.8 Å². The molecule has 2 aromatic heterocycles. The van der Waals surface area contributed by atoms with Crippen molar-refractivity contribution in [2.75, 3.05) is 37.7 Å². The summed E-state index contributed by atoms with van der Waals surface area (Å²) in [7, 11) is 1.79. The molecule has 10 heteroatoms. The van der Waals surface area contributed by atoms with Crippen molar-refractivity contribution in [2.24, 2.45) is 7.05 Å². The van der Waals surface area contributed by atoms with Crippen molar-refractivity contribution < 1.29 is 9.53 Å². The summed E-state index contributed by atoms with van der Waals surface area (Å²) in [5.41, 5.74) is 0.396. The van der Waals surface area contributed by atoms with E-state index in [4.69, 9.17) is 4.74 Å². The number of hydrogen-bond donors (Lipinski definition) is 0. The van der Waals surface area contributed by atoms with Crippen LogP contribution >= 0.6 is 0 Å². The Morgan fingerprint density at radius 2 is 2.04 bits per heavy atom. The molecule has 10 nitrogen and oxygen atoms in total. The van der Waals surface area contributed by atoms with Crippen molar-refractivity contribution in [3.05, 3.63) is 23.9 Å². The van der Waals surface area contributed by atoms with E-state index in [2.05, 4.69) is 30.4 Å². The van der Waals surface area contributed by atoms with Crippen molar-refractivity contribution in [3.63, 3.8) is 0 Å². The maximum atomic E-state index is 12.7. The van der Waals surface area contributed by atoms with Crippen molar-refractivity contribution in [2.45, 2.75) is 25.4 Å². The number of hydrogen-bond acceptors (Lipinski definition) is 8. The topological polar surface area (TPSA) is 102 Å². The van der Waals surface area contributed by atoms with Gasteiger partial charge in [-0.3, -0.25) is 9.78 Å². The van der Waals surface area contributed by atoms with E-state index in [0.717, 1.165) is 25.9 Å². The zero-order chi connectivity index (χ0) is 17.9. The minimum absolute atomic E-state index is 0.0404. The third-order valence-corrected chi connectivity index (χ3v) is 4.82. The lowest BCUT2D eigenvalue weighted by Gasteiger charge is -2.33. The number of anilines is 1. The maximum absolute atomic E-state index is 12.7. The molecule has 0 saturated carbocycles. The zero-order valence-corrected chi connectivity index (χ0v) is 14.8. The molecule has 2 saturated heterocycles. The third-order valence-electron chi connectivity index (χ3n) is 4.82. The van der Waals surface area contributed by atoms with Crippen LogP contribution in [-0.2, 0) is 11.8 Å². The molecular formula is C16H22N8O2. The van der Waals surface area contributed by atoms with Crippen LogP contribution in [0, 0.1) is 0 Å². The molecule has 1 atom stereocenters. The Kier molecular flexibility index (Phi) is 4.74. The van der Waals surface area contributed by atoms with E-state index in [1.54, 1.807) is 24.1 Å². The standard InChI is InChI=1S/C16H22N8O2/c1-22-15(19-20-21-22)13-11-24(7-8-26-13)14-10-17-9-12(18-14)16(25)23-5-3-2-4-6-23/h9-10,13H,2-8,11H2,1H3. The molecule has 0 N–H and O–H groups in total. The summed E-state index contributed by atoms with van der Waals surface area (Å²) in [6.45, 7) is 3.36. The van der Waals surface area contributed by atoms with Gasteiger partial charge in [-0.1, -0.05) is 0 Å². The highest BCUT2D eigenvalue weighted by atomic mass is 16.5. The highest BCUT2D eigenvalue weighted by Crippen LogP contribution is 2.23. The summed E-state index contributed by atoms with van der Waals surface area (Å²) in [5, 5.41) is 11.6. The first-order valence-corrected chi connectivity index (χ1v) is 8.92. The van der Waals surface area contributed by atoms with Crippen LogP contribution in [0.3, 0.4) is 0 Å². The molecule has 4 heterocycles. The van der Waals surface area contributed by atoms with E-state index in [9.17, 15) is 4.79 Å². The molecule has 0 bridgehead atoms. The molecule has 0 aliphatic carbocycles. The predicted molar refractivity (Wildman–Crippen MR) is 91.5 cm³/mol. The molecule has 2 fully saturated rings. The number of piperidine rings is 1. The molecule has 1 amide bonds. The van der Waals surface area contributed by atoms with Crippen LogP contribution in [0.4, 0.5) is 5.82 Å². The normalized spacial score (nSPS) is 21.0. The van der Waals surface area contributed by atoms with Gasteiger partial charge >= 0.3 is 0 Å². The lowest BCUT2D eigenvalue weighted by Crippen LogP contribution is -2.40. The van der Waals surface area contributed by atoms with E-state index < -0.39 is 0 Å². The fourth-order valence-electron chi connectivity index (χ4n) is 3.39. The first-order chi connectivity index (χ1) is 12.7. The summed E-state index contributed by atoms with van der Waals surface area (Å²) in [5.74, 6) is 1.31. The van der Waals surface area contributed by atoms with Crippen LogP contribution in [0.25, 0.3) is 0 Å². The Labute approximate surface area is 151 Å². The van der Waals surface area contributed by atoms with E-state index >= 15 is 0 Å². The van der Waals surface area contributed by atoms with Gasteiger partial charge in [0.2, 0.25) is 0 Å². The number of morpholine rings is 1. The fourth-order valence-corrected chi connectivity index (χ4v) is 3.39. The average molecular weight is 358 g/mol. The summed E-state index contributed by atoms with van der Waals surface area (Å²) in [6.07, 6.45) is 6.27.